The Kier molecular flexibility index (Phi) is 58.7. The largest absolute Gasteiger partial charge is 0.396 e. The Balaban J connectivity index is 0. The summed E-state index contributed by atoms with van der Waals surface area (Å²) in [7, 11) is 35.8. The molecule has 0 atom stereocenters. The first kappa shape index (κ1) is 60.4. The predicted octanol–water partition coefficient (Wildman–Crippen LogP) is 7.93. The summed E-state index contributed by atoms with van der Waals surface area (Å²) in [6, 6.07) is 17.7. The zero-order valence-electron chi connectivity index (χ0n) is 27.6. The zero-order valence-corrected chi connectivity index (χ0v) is 47.2. The minimum Gasteiger partial charge on any atom is -0.396 e. The smallest absolute Gasteiger partial charge is 0.107 e. The van der Waals surface area contributed by atoms with E-state index in [9.17, 15) is 0 Å². The molecule has 0 aliphatic heterocycles. The van der Waals surface area contributed by atoms with Crippen molar-refractivity contribution in [3.63, 3.8) is 0 Å². The van der Waals surface area contributed by atoms with E-state index in [1.807, 2.05) is 71.6 Å². The number of aliphatic hydroxyl groups is 2. The highest BCUT2D eigenvalue weighted by atomic mass is 33.5. The molecule has 0 saturated heterocycles. The Morgan fingerprint density at radius 3 is 1.11 bits per heavy atom. The third-order valence-corrected chi connectivity index (χ3v) is 44.8. The molecule has 3 aromatic rings. The fraction of sp³-hybridized carbons (Fsp3) is 0.423. The molecule has 3 aromatic heterocycles. The molecule has 29 heteroatoms. The number of thiol groups is 1. The first-order valence-corrected chi connectivity index (χ1v) is 43.6. The summed E-state index contributed by atoms with van der Waals surface area (Å²) in [5.74, 6) is 2.07. The average molecular weight is 1200 g/mol. The molecule has 0 bridgehead atoms. The van der Waals surface area contributed by atoms with Gasteiger partial charge in [0.1, 0.15) is 15.1 Å². The van der Waals surface area contributed by atoms with Gasteiger partial charge in [-0.1, -0.05) is 49.3 Å². The van der Waals surface area contributed by atoms with Gasteiger partial charge in [-0.15, -0.1) is 0 Å². The molecule has 0 aliphatic carbocycles. The normalized spacial score (nSPS) is 8.93. The summed E-state index contributed by atoms with van der Waals surface area (Å²) < 4.78 is 0. The number of hydrogen-bond donors (Lipinski definition) is 3. The third-order valence-electron chi connectivity index (χ3n) is 4.42. The lowest BCUT2D eigenvalue weighted by Gasteiger charge is -1.99. The maximum absolute atomic E-state index is 8.58. The third kappa shape index (κ3) is 48.2. The van der Waals surface area contributed by atoms with Crippen molar-refractivity contribution in [1.29, 1.82) is 0 Å². The Labute approximate surface area is 406 Å². The van der Waals surface area contributed by atoms with Crippen LogP contribution in [0.3, 0.4) is 0 Å². The van der Waals surface area contributed by atoms with Crippen molar-refractivity contribution < 1.29 is 10.2 Å². The fourth-order valence-electron chi connectivity index (χ4n) is 2.40. The van der Waals surface area contributed by atoms with Crippen molar-refractivity contribution in [3.8, 4) is 0 Å². The average Bonchev–Trinajstić information content (AvgIpc) is 3.22. The highest BCUT2D eigenvalue weighted by Gasteiger charge is 1.97. The summed E-state index contributed by atoms with van der Waals surface area (Å²) >= 11 is 13.5. The zero-order chi connectivity index (χ0) is 39.3. The van der Waals surface area contributed by atoms with Gasteiger partial charge in [0.25, 0.3) is 0 Å². The molecule has 0 radical (unpaired) electrons. The van der Waals surface area contributed by atoms with E-state index < -0.39 is 0 Å². The van der Waals surface area contributed by atoms with E-state index in [0.29, 0.717) is 13.2 Å². The highest BCUT2D eigenvalue weighted by Crippen LogP contribution is 2.34. The SMILES string of the molecule is C.OCCCCCS.OCCCCCSSc1ccccn1.S=S=S=S=S=S=S=S=S=S=S=S=S=S=S=S=S=S=S.c1ccc(SSc2ccccn2)nc1. The van der Waals surface area contributed by atoms with Gasteiger partial charge in [0.15, 0.2) is 0 Å². The monoisotopic (exact) mass is 1190 g/mol. The molecular weight excluding hydrogens is 1160 g/mol. The molecule has 0 amide bonds. The van der Waals surface area contributed by atoms with Gasteiger partial charge in [0, 0.05) is 211 Å². The van der Waals surface area contributed by atoms with E-state index >= 15 is 0 Å². The molecule has 3 rings (SSSR count). The second-order valence-corrected chi connectivity index (χ2v) is 43.2. The number of hydrogen-bond acceptors (Lipinski definition) is 12. The van der Waals surface area contributed by atoms with Crippen LogP contribution in [0.2, 0.25) is 0 Å². The standard InChI is InChI=1S/C10H8N2S2.C10H15NOS2.C5H12OS.CH4.S19/c1-3-7-11-9(5-1)13-14-10-6-2-4-8-12-10;12-8-4-1-5-9-13-14-10-6-2-3-7-11-10;6-4-2-1-3-5-7;;1-3-5-7-9-11-13-15-17-19-18-16-14-12-10-8-6-4-2/h1-8H;2-3,6-7,12H,1,4-5,8-9H2;6-7H,1-5H2;1H4;. The fourth-order valence-corrected chi connectivity index (χ4v) is 47.6. The molecule has 0 fully saturated rings. The van der Waals surface area contributed by atoms with Crippen LogP contribution in [0, 0.1) is 0 Å². The van der Waals surface area contributed by atoms with E-state index in [4.69, 9.17) is 32.6 Å². The van der Waals surface area contributed by atoms with Gasteiger partial charge in [-0.3, -0.25) is 0 Å². The van der Waals surface area contributed by atoms with Gasteiger partial charge in [0.05, 0.1) is 0 Å². The topological polar surface area (TPSA) is 79.1 Å². The van der Waals surface area contributed by atoms with E-state index in [2.05, 4.69) is 27.6 Å². The van der Waals surface area contributed by atoms with Crippen LogP contribution in [0.25, 0.3) is 0 Å². The molecule has 55 heavy (non-hydrogen) atoms. The van der Waals surface area contributed by atoms with Crippen LogP contribution in [0.1, 0.15) is 46.0 Å². The molecule has 0 saturated carbocycles. The summed E-state index contributed by atoms with van der Waals surface area (Å²) in [6.45, 7) is 0.645. The molecule has 0 spiro atoms. The molecule has 0 unspecified atom stereocenters. The maximum Gasteiger partial charge on any atom is 0.107 e. The highest BCUT2D eigenvalue weighted by molar-refractivity contribution is 8.78. The lowest BCUT2D eigenvalue weighted by molar-refractivity contribution is 0.284. The van der Waals surface area contributed by atoms with Crippen LogP contribution >= 0.6 is 55.8 Å². The molecule has 3 heterocycles. The van der Waals surface area contributed by atoms with Crippen LogP contribution in [0.4, 0.5) is 0 Å². The molecule has 2 N–H and O–H groups in total. The van der Waals surface area contributed by atoms with Gasteiger partial charge in [-0.2, -0.15) is 12.6 Å². The van der Waals surface area contributed by atoms with Crippen molar-refractivity contribution in [2.75, 3.05) is 24.7 Å². The van der Waals surface area contributed by atoms with E-state index in [1.165, 1.54) is 24.2 Å². The van der Waals surface area contributed by atoms with Crippen molar-refractivity contribution in [2.45, 2.75) is 61.0 Å². The summed E-state index contributed by atoms with van der Waals surface area (Å²) in [5, 5.41) is 19.9. The van der Waals surface area contributed by atoms with Crippen molar-refractivity contribution in [3.05, 3.63) is 73.2 Å². The lowest BCUT2D eigenvalue weighted by Crippen LogP contribution is -1.84. The Morgan fingerprint density at radius 1 is 0.455 bits per heavy atom. The van der Waals surface area contributed by atoms with Gasteiger partial charge in [-0.25, -0.2) is 15.0 Å². The van der Waals surface area contributed by atoms with Crippen LogP contribution < -0.4 is 0 Å². The van der Waals surface area contributed by atoms with Crippen molar-refractivity contribution in [1.82, 2.24) is 15.0 Å². The first-order chi connectivity index (χ1) is 26.7. The van der Waals surface area contributed by atoms with E-state index in [1.54, 1.807) is 178 Å². The first-order valence-electron chi connectivity index (χ1n) is 14.5. The van der Waals surface area contributed by atoms with Crippen molar-refractivity contribution >= 4 is 229 Å². The lowest BCUT2D eigenvalue weighted by atomic mass is 10.3. The number of pyridine rings is 3. The molecule has 314 valence electrons. The summed E-state index contributed by atoms with van der Waals surface area (Å²) in [5.41, 5.74) is 0. The Hall–Kier alpha value is 3.30. The number of aliphatic hydroxyl groups excluding tert-OH is 2. The second-order valence-electron chi connectivity index (χ2n) is 8.02. The van der Waals surface area contributed by atoms with Gasteiger partial charge in [0.2, 0.25) is 0 Å². The second kappa shape index (κ2) is 53.4. The molecular formula is C26H39N3O2S24. The maximum atomic E-state index is 8.58. The molecule has 5 nitrogen and oxygen atoms in total. The van der Waals surface area contributed by atoms with E-state index in [-0.39, 0.29) is 7.43 Å². The van der Waals surface area contributed by atoms with Crippen molar-refractivity contribution in [2.24, 2.45) is 0 Å². The number of aromatic nitrogens is 3. The van der Waals surface area contributed by atoms with E-state index in [0.717, 1.165) is 58.7 Å². The van der Waals surface area contributed by atoms with Gasteiger partial charge >= 0.3 is 0 Å². The number of rotatable bonds is 14. The van der Waals surface area contributed by atoms with Crippen LogP contribution in [-0.4, -0.2) is 49.9 Å². The van der Waals surface area contributed by atoms with Crippen LogP contribution in [0.5, 0.6) is 0 Å². The van der Waals surface area contributed by atoms with Crippen LogP contribution in [0.15, 0.2) is 88.3 Å². The molecule has 0 aliphatic rings. The minimum atomic E-state index is 0. The van der Waals surface area contributed by atoms with Gasteiger partial charge < -0.3 is 10.2 Å². The van der Waals surface area contributed by atoms with Crippen LogP contribution in [-0.2, 0) is 173 Å². The predicted molar refractivity (Wildman–Crippen MR) is 305 cm³/mol. The summed E-state index contributed by atoms with van der Waals surface area (Å²) in [4.78, 5) is 12.6. The minimum absolute atomic E-state index is 0. The quantitative estimate of drug-likeness (QED) is 0.0838. The number of nitrogens with zero attached hydrogens (tertiary/aromatic N) is 3. The van der Waals surface area contributed by atoms with Gasteiger partial charge in [-0.05, 0) is 100 Å². The Morgan fingerprint density at radius 2 is 0.800 bits per heavy atom. The number of unbranched alkanes of at least 4 members (excludes halogenated alkanes) is 4. The summed E-state index contributed by atoms with van der Waals surface area (Å²) in [6.07, 6.45) is 11.8. The molecule has 0 aromatic carbocycles. The Bertz CT molecular complexity index is 2010.